The number of thioether (sulfide) groups is 1. The molecule has 0 amide bonds. The van der Waals surface area contributed by atoms with Gasteiger partial charge in [-0.1, -0.05) is 11.8 Å². The van der Waals surface area contributed by atoms with Gasteiger partial charge < -0.3 is 0 Å². The van der Waals surface area contributed by atoms with Crippen LogP contribution >= 0.6 is 11.8 Å². The summed E-state index contributed by atoms with van der Waals surface area (Å²) in [4.78, 5) is 10.4. The third kappa shape index (κ3) is 4.67. The summed E-state index contributed by atoms with van der Waals surface area (Å²) in [6.07, 6.45) is -9.07. The van der Waals surface area contributed by atoms with Crippen LogP contribution in [0.25, 0.3) is 0 Å². The van der Waals surface area contributed by atoms with Gasteiger partial charge in [-0.05, 0) is 13.3 Å². The van der Waals surface area contributed by atoms with E-state index < -0.39 is 30.9 Å². The van der Waals surface area contributed by atoms with Gasteiger partial charge in [0.25, 0.3) is 0 Å². The van der Waals surface area contributed by atoms with Gasteiger partial charge in [0, 0.05) is 12.7 Å². The fraction of sp³-hybridized carbons (Fsp3) is 0.889. The van der Waals surface area contributed by atoms with E-state index in [4.69, 9.17) is 0 Å². The predicted molar refractivity (Wildman–Crippen MR) is 53.1 cm³/mol. The van der Waals surface area contributed by atoms with Crippen LogP contribution in [0.3, 0.4) is 0 Å². The van der Waals surface area contributed by atoms with Crippen molar-refractivity contribution in [2.24, 2.45) is 0 Å². The first-order chi connectivity index (χ1) is 7.19. The minimum atomic E-state index is -4.36. The van der Waals surface area contributed by atoms with Gasteiger partial charge in [-0.3, -0.25) is 4.79 Å². The molecule has 0 aliphatic heterocycles. The van der Waals surface area contributed by atoms with Crippen LogP contribution in [0.2, 0.25) is 0 Å². The summed E-state index contributed by atoms with van der Waals surface area (Å²) in [5.74, 6) is -4.54. The zero-order chi connectivity index (χ0) is 12.9. The average molecular weight is 264 g/mol. The van der Waals surface area contributed by atoms with Crippen molar-refractivity contribution in [3.8, 4) is 0 Å². The second-order valence-corrected chi connectivity index (χ2v) is 4.62. The fourth-order valence-electron chi connectivity index (χ4n) is 0.978. The lowest BCUT2D eigenvalue weighted by atomic mass is 10.0. The van der Waals surface area contributed by atoms with Gasteiger partial charge in [0.15, 0.2) is 17.5 Å². The summed E-state index contributed by atoms with van der Waals surface area (Å²) in [7, 11) is 0. The van der Waals surface area contributed by atoms with E-state index in [1.165, 1.54) is 6.92 Å². The van der Waals surface area contributed by atoms with E-state index in [-0.39, 0.29) is 10.9 Å². The fourth-order valence-corrected chi connectivity index (χ4v) is 1.59. The van der Waals surface area contributed by atoms with Gasteiger partial charge in [0.05, 0.1) is 0 Å². The molecule has 0 radical (unpaired) electrons. The van der Waals surface area contributed by atoms with E-state index in [0.29, 0.717) is 18.7 Å². The molecule has 3 atom stereocenters. The quantitative estimate of drug-likeness (QED) is 0.684. The molecule has 0 rings (SSSR count). The second kappa shape index (κ2) is 6.42. The second-order valence-electron chi connectivity index (χ2n) is 3.35. The Labute approximate surface area is 94.8 Å². The van der Waals surface area contributed by atoms with Gasteiger partial charge in [-0.2, -0.15) is 0 Å². The van der Waals surface area contributed by atoms with Gasteiger partial charge in [-0.25, -0.2) is 22.0 Å². The normalized spacial score (nSPS) is 17.9. The Bertz CT molecular complexity index is 234. The molecule has 0 aliphatic carbocycles. The summed E-state index contributed by atoms with van der Waals surface area (Å²) in [6, 6.07) is 0. The Morgan fingerprint density at radius 2 is 1.81 bits per heavy atom. The van der Waals surface area contributed by atoms with E-state index in [1.54, 1.807) is 0 Å². The summed E-state index contributed by atoms with van der Waals surface area (Å²) in [5, 5.41) is -0.342. The zero-order valence-corrected chi connectivity index (χ0v) is 9.67. The Balaban J connectivity index is 4.23. The first-order valence-electron chi connectivity index (χ1n) is 4.63. The molecular weight excluding hydrogens is 251 g/mol. The maximum Gasteiger partial charge on any atom is 0.312 e. The Hall–Kier alpha value is -0.330. The molecule has 96 valence electrons. The van der Waals surface area contributed by atoms with Gasteiger partial charge in [0.2, 0.25) is 0 Å². The minimum absolute atomic E-state index is 0.181. The van der Waals surface area contributed by atoms with Crippen LogP contribution in [0.15, 0.2) is 0 Å². The van der Waals surface area contributed by atoms with Crippen LogP contribution in [0.4, 0.5) is 22.0 Å². The lowest BCUT2D eigenvalue weighted by molar-refractivity contribution is -0.144. The number of alkyl halides is 5. The number of hydrogen-bond acceptors (Lipinski definition) is 2. The highest BCUT2D eigenvalue weighted by atomic mass is 32.2. The SMILES string of the molecule is CC(=O)SCCC(F)C(F)(F)C(F)C(C)F. The smallest absolute Gasteiger partial charge is 0.288 e. The van der Waals surface area contributed by atoms with Crippen LogP contribution in [0, 0.1) is 0 Å². The van der Waals surface area contributed by atoms with Crippen molar-refractivity contribution in [3.05, 3.63) is 0 Å². The summed E-state index contributed by atoms with van der Waals surface area (Å²) in [6.45, 7) is 1.81. The van der Waals surface area contributed by atoms with Crippen molar-refractivity contribution in [1.29, 1.82) is 0 Å². The maximum atomic E-state index is 13.0. The lowest BCUT2D eigenvalue weighted by Gasteiger charge is -2.24. The Kier molecular flexibility index (Phi) is 6.28. The van der Waals surface area contributed by atoms with Crippen LogP contribution in [0.1, 0.15) is 20.3 Å². The zero-order valence-electron chi connectivity index (χ0n) is 8.85. The molecule has 1 nitrogen and oxygen atoms in total. The topological polar surface area (TPSA) is 17.1 Å². The molecule has 0 aliphatic rings. The number of halogens is 5. The van der Waals surface area contributed by atoms with E-state index in [1.807, 2.05) is 0 Å². The minimum Gasteiger partial charge on any atom is -0.288 e. The molecule has 0 heterocycles. The highest BCUT2D eigenvalue weighted by Crippen LogP contribution is 2.33. The largest absolute Gasteiger partial charge is 0.312 e. The van der Waals surface area contributed by atoms with Crippen LogP contribution < -0.4 is 0 Å². The van der Waals surface area contributed by atoms with Crippen molar-refractivity contribution in [1.82, 2.24) is 0 Å². The van der Waals surface area contributed by atoms with Crippen LogP contribution in [-0.2, 0) is 4.79 Å². The molecule has 0 saturated heterocycles. The Morgan fingerprint density at radius 3 is 2.19 bits per heavy atom. The molecule has 0 spiro atoms. The van der Waals surface area contributed by atoms with Crippen LogP contribution in [0.5, 0.6) is 0 Å². The highest BCUT2D eigenvalue weighted by molar-refractivity contribution is 8.13. The summed E-state index contributed by atoms with van der Waals surface area (Å²) in [5.41, 5.74) is 0. The van der Waals surface area contributed by atoms with Crippen molar-refractivity contribution in [3.63, 3.8) is 0 Å². The van der Waals surface area contributed by atoms with Gasteiger partial charge >= 0.3 is 5.92 Å². The van der Waals surface area contributed by atoms with Gasteiger partial charge in [-0.15, -0.1) is 0 Å². The van der Waals surface area contributed by atoms with Crippen molar-refractivity contribution in [2.75, 3.05) is 5.75 Å². The summed E-state index contributed by atoms with van der Waals surface area (Å²) >= 11 is 0.667. The van der Waals surface area contributed by atoms with Crippen molar-refractivity contribution >= 4 is 16.9 Å². The van der Waals surface area contributed by atoms with Crippen molar-refractivity contribution < 1.29 is 26.7 Å². The molecule has 0 aromatic carbocycles. The molecule has 0 saturated carbocycles. The van der Waals surface area contributed by atoms with E-state index >= 15 is 0 Å². The first kappa shape index (κ1) is 15.7. The number of hydrogen-bond donors (Lipinski definition) is 0. The molecular formula is C9H13F5OS. The first-order valence-corrected chi connectivity index (χ1v) is 5.61. The average Bonchev–Trinajstić information content (AvgIpc) is 2.15. The Morgan fingerprint density at radius 1 is 1.31 bits per heavy atom. The van der Waals surface area contributed by atoms with Gasteiger partial charge in [0.1, 0.15) is 6.17 Å². The van der Waals surface area contributed by atoms with E-state index in [2.05, 4.69) is 0 Å². The number of rotatable bonds is 6. The van der Waals surface area contributed by atoms with Crippen molar-refractivity contribution in [2.45, 2.75) is 44.7 Å². The molecule has 0 aromatic rings. The molecule has 0 N–H and O–H groups in total. The lowest BCUT2D eigenvalue weighted by Crippen LogP contribution is -2.44. The van der Waals surface area contributed by atoms with E-state index in [9.17, 15) is 26.7 Å². The molecule has 0 bridgehead atoms. The number of carbonyl (C=O) groups is 1. The molecule has 16 heavy (non-hydrogen) atoms. The molecule has 7 heteroatoms. The predicted octanol–water partition coefficient (Wildman–Crippen LogP) is 3.33. The summed E-state index contributed by atoms with van der Waals surface area (Å²) < 4.78 is 63.8. The molecule has 0 fully saturated rings. The third-order valence-corrected chi connectivity index (χ3v) is 2.71. The monoisotopic (exact) mass is 264 g/mol. The van der Waals surface area contributed by atoms with E-state index in [0.717, 1.165) is 0 Å². The molecule has 0 aromatic heterocycles. The standard InChI is InChI=1S/C9H13F5OS/c1-5(10)8(12)9(13,14)7(11)3-4-16-6(2)15/h5,7-8H,3-4H2,1-2H3. The maximum absolute atomic E-state index is 13.0. The third-order valence-electron chi connectivity index (χ3n) is 1.87. The number of carbonyl (C=O) groups excluding carboxylic acids is 1. The molecule has 3 unspecified atom stereocenters. The highest BCUT2D eigenvalue weighted by Gasteiger charge is 2.50. The van der Waals surface area contributed by atoms with Crippen LogP contribution in [-0.4, -0.2) is 35.3 Å².